The summed E-state index contributed by atoms with van der Waals surface area (Å²) in [6.07, 6.45) is 2.50. The first-order valence-electron chi connectivity index (χ1n) is 6.89. The molecule has 0 aliphatic carbocycles. The normalized spacial score (nSPS) is 17.4. The Hall–Kier alpha value is -1.55. The van der Waals surface area contributed by atoms with E-state index in [2.05, 4.69) is 10.2 Å². The van der Waals surface area contributed by atoms with Crippen molar-refractivity contribution in [3.63, 3.8) is 0 Å². The fourth-order valence-corrected chi connectivity index (χ4v) is 2.54. The maximum Gasteiger partial charge on any atom is 0.255 e. The van der Waals surface area contributed by atoms with Crippen LogP contribution in [-0.4, -0.2) is 41.6 Å². The van der Waals surface area contributed by atoms with Crippen LogP contribution in [0.3, 0.4) is 0 Å². The Morgan fingerprint density at radius 1 is 1.42 bits per heavy atom. The molecule has 1 aliphatic heterocycles. The van der Waals surface area contributed by atoms with Crippen molar-refractivity contribution in [1.82, 2.24) is 10.2 Å². The van der Waals surface area contributed by atoms with E-state index in [1.165, 1.54) is 12.8 Å². The summed E-state index contributed by atoms with van der Waals surface area (Å²) >= 11 is 0. The molecule has 1 unspecified atom stereocenters. The van der Waals surface area contributed by atoms with Gasteiger partial charge in [0.15, 0.2) is 0 Å². The molecule has 1 saturated heterocycles. The Kier molecular flexibility index (Phi) is 4.43. The highest BCUT2D eigenvalue weighted by atomic mass is 16.3. The number of phenols is 1. The van der Waals surface area contributed by atoms with Gasteiger partial charge in [-0.15, -0.1) is 0 Å². The summed E-state index contributed by atoms with van der Waals surface area (Å²) in [5, 5.41) is 12.8. The SMILES string of the molecule is Cc1cccc(C(=O)NC(C)CN2CCCC2)c1O. The molecule has 4 heteroatoms. The summed E-state index contributed by atoms with van der Waals surface area (Å²) in [6, 6.07) is 5.32. The fraction of sp³-hybridized carbons (Fsp3) is 0.533. The monoisotopic (exact) mass is 262 g/mol. The van der Waals surface area contributed by atoms with E-state index in [1.54, 1.807) is 25.1 Å². The van der Waals surface area contributed by atoms with Crippen molar-refractivity contribution < 1.29 is 9.90 Å². The number of amides is 1. The molecule has 1 atom stereocenters. The van der Waals surface area contributed by atoms with E-state index in [0.717, 1.165) is 25.2 Å². The minimum Gasteiger partial charge on any atom is -0.507 e. The van der Waals surface area contributed by atoms with E-state index < -0.39 is 0 Å². The summed E-state index contributed by atoms with van der Waals surface area (Å²) in [7, 11) is 0. The zero-order valence-corrected chi connectivity index (χ0v) is 11.6. The number of para-hydroxylation sites is 1. The smallest absolute Gasteiger partial charge is 0.255 e. The molecule has 104 valence electrons. The molecule has 1 heterocycles. The minimum atomic E-state index is -0.201. The van der Waals surface area contributed by atoms with Crippen molar-refractivity contribution in [3.05, 3.63) is 29.3 Å². The van der Waals surface area contributed by atoms with E-state index in [9.17, 15) is 9.90 Å². The van der Waals surface area contributed by atoms with Gasteiger partial charge in [0.1, 0.15) is 5.75 Å². The number of aryl methyl sites for hydroxylation is 1. The number of carbonyl (C=O) groups is 1. The van der Waals surface area contributed by atoms with Crippen LogP contribution in [0.2, 0.25) is 0 Å². The molecule has 0 bridgehead atoms. The fourth-order valence-electron chi connectivity index (χ4n) is 2.54. The molecule has 19 heavy (non-hydrogen) atoms. The Bertz CT molecular complexity index is 453. The van der Waals surface area contributed by atoms with Crippen molar-refractivity contribution in [3.8, 4) is 5.75 Å². The summed E-state index contributed by atoms with van der Waals surface area (Å²) in [5.41, 5.74) is 1.08. The van der Waals surface area contributed by atoms with Crippen LogP contribution < -0.4 is 5.32 Å². The molecule has 0 radical (unpaired) electrons. The van der Waals surface area contributed by atoms with Gasteiger partial charge in [0.25, 0.3) is 5.91 Å². The molecule has 1 fully saturated rings. The number of aromatic hydroxyl groups is 1. The number of benzene rings is 1. The van der Waals surface area contributed by atoms with E-state index in [-0.39, 0.29) is 17.7 Å². The maximum absolute atomic E-state index is 12.1. The van der Waals surface area contributed by atoms with E-state index in [0.29, 0.717) is 5.56 Å². The number of likely N-dealkylation sites (tertiary alicyclic amines) is 1. The predicted molar refractivity (Wildman–Crippen MR) is 75.4 cm³/mol. The number of phenolic OH excluding ortho intramolecular Hbond substituents is 1. The lowest BCUT2D eigenvalue weighted by atomic mass is 10.1. The number of rotatable bonds is 4. The second-order valence-electron chi connectivity index (χ2n) is 5.35. The van der Waals surface area contributed by atoms with Gasteiger partial charge >= 0.3 is 0 Å². The van der Waals surface area contributed by atoms with Crippen LogP contribution >= 0.6 is 0 Å². The highest BCUT2D eigenvalue weighted by Gasteiger charge is 2.18. The Labute approximate surface area is 114 Å². The van der Waals surface area contributed by atoms with Crippen molar-refractivity contribution in [2.75, 3.05) is 19.6 Å². The van der Waals surface area contributed by atoms with Gasteiger partial charge < -0.3 is 15.3 Å². The minimum absolute atomic E-state index is 0.0772. The maximum atomic E-state index is 12.1. The average molecular weight is 262 g/mol. The van der Waals surface area contributed by atoms with Gasteiger partial charge in [-0.2, -0.15) is 0 Å². The quantitative estimate of drug-likeness (QED) is 0.871. The van der Waals surface area contributed by atoms with Gasteiger partial charge in [-0.05, 0) is 51.4 Å². The van der Waals surface area contributed by atoms with Crippen LogP contribution in [0.15, 0.2) is 18.2 Å². The topological polar surface area (TPSA) is 52.6 Å². The number of hydrogen-bond donors (Lipinski definition) is 2. The van der Waals surface area contributed by atoms with E-state index in [4.69, 9.17) is 0 Å². The second-order valence-corrected chi connectivity index (χ2v) is 5.35. The van der Waals surface area contributed by atoms with Crippen LogP contribution in [0.5, 0.6) is 5.75 Å². The van der Waals surface area contributed by atoms with E-state index in [1.807, 2.05) is 6.92 Å². The molecular formula is C15H22N2O2. The molecule has 2 N–H and O–H groups in total. The average Bonchev–Trinajstić information content (AvgIpc) is 2.85. The van der Waals surface area contributed by atoms with Crippen molar-refractivity contribution in [2.45, 2.75) is 32.7 Å². The molecule has 2 rings (SSSR count). The number of hydrogen-bond acceptors (Lipinski definition) is 3. The Morgan fingerprint density at radius 3 is 2.79 bits per heavy atom. The van der Waals surface area contributed by atoms with Crippen LogP contribution in [-0.2, 0) is 0 Å². The van der Waals surface area contributed by atoms with Gasteiger partial charge in [-0.25, -0.2) is 0 Å². The molecule has 4 nitrogen and oxygen atoms in total. The Balaban J connectivity index is 1.94. The van der Waals surface area contributed by atoms with Crippen molar-refractivity contribution in [1.29, 1.82) is 0 Å². The first-order valence-corrected chi connectivity index (χ1v) is 6.89. The molecule has 0 spiro atoms. The van der Waals surface area contributed by atoms with Crippen LogP contribution in [0.4, 0.5) is 0 Å². The molecule has 0 saturated carbocycles. The zero-order chi connectivity index (χ0) is 13.8. The lowest BCUT2D eigenvalue weighted by molar-refractivity contribution is 0.0929. The number of nitrogens with zero attached hydrogens (tertiary/aromatic N) is 1. The predicted octanol–water partition coefficient (Wildman–Crippen LogP) is 1.91. The third kappa shape index (κ3) is 3.47. The van der Waals surface area contributed by atoms with Crippen molar-refractivity contribution >= 4 is 5.91 Å². The van der Waals surface area contributed by atoms with Gasteiger partial charge in [0, 0.05) is 12.6 Å². The third-order valence-corrected chi connectivity index (χ3v) is 3.59. The molecule has 0 aromatic heterocycles. The highest BCUT2D eigenvalue weighted by Crippen LogP contribution is 2.21. The van der Waals surface area contributed by atoms with Crippen molar-refractivity contribution in [2.24, 2.45) is 0 Å². The molecule has 1 aliphatic rings. The lowest BCUT2D eigenvalue weighted by Crippen LogP contribution is -2.41. The number of nitrogens with one attached hydrogen (secondary N) is 1. The van der Waals surface area contributed by atoms with Crippen LogP contribution in [0.25, 0.3) is 0 Å². The summed E-state index contributed by atoms with van der Waals surface area (Å²) in [5.74, 6) is -0.124. The van der Waals surface area contributed by atoms with Gasteiger partial charge in [-0.1, -0.05) is 12.1 Å². The third-order valence-electron chi connectivity index (χ3n) is 3.59. The first-order chi connectivity index (χ1) is 9.08. The molecule has 1 aromatic carbocycles. The molecular weight excluding hydrogens is 240 g/mol. The lowest BCUT2D eigenvalue weighted by Gasteiger charge is -2.21. The van der Waals surface area contributed by atoms with E-state index >= 15 is 0 Å². The number of carbonyl (C=O) groups excluding carboxylic acids is 1. The van der Waals surface area contributed by atoms with Crippen LogP contribution in [0, 0.1) is 6.92 Å². The van der Waals surface area contributed by atoms with Gasteiger partial charge in [0.2, 0.25) is 0 Å². The summed E-state index contributed by atoms with van der Waals surface area (Å²) in [4.78, 5) is 14.5. The largest absolute Gasteiger partial charge is 0.507 e. The molecule has 1 amide bonds. The van der Waals surface area contributed by atoms with Crippen LogP contribution in [0.1, 0.15) is 35.7 Å². The van der Waals surface area contributed by atoms with Gasteiger partial charge in [0.05, 0.1) is 5.56 Å². The zero-order valence-electron chi connectivity index (χ0n) is 11.6. The highest BCUT2D eigenvalue weighted by molar-refractivity contribution is 5.97. The second kappa shape index (κ2) is 6.06. The summed E-state index contributed by atoms with van der Waals surface area (Å²) < 4.78 is 0. The standard InChI is InChI=1S/C15H22N2O2/c1-11-6-5-7-13(14(11)18)15(19)16-12(2)10-17-8-3-4-9-17/h5-7,12,18H,3-4,8-10H2,1-2H3,(H,16,19). The first kappa shape index (κ1) is 13.9. The van der Waals surface area contributed by atoms with Gasteiger partial charge in [-0.3, -0.25) is 4.79 Å². The molecule has 1 aromatic rings. The Morgan fingerprint density at radius 2 is 2.11 bits per heavy atom. The summed E-state index contributed by atoms with van der Waals surface area (Å²) in [6.45, 7) is 6.91.